The van der Waals surface area contributed by atoms with Crippen molar-refractivity contribution in [1.29, 1.82) is 0 Å². The van der Waals surface area contributed by atoms with Gasteiger partial charge in [-0.25, -0.2) is 0 Å². The van der Waals surface area contributed by atoms with Gasteiger partial charge in [0, 0.05) is 23.7 Å². The molecule has 4 fully saturated rings. The van der Waals surface area contributed by atoms with Crippen molar-refractivity contribution >= 4 is 11.6 Å². The van der Waals surface area contributed by atoms with E-state index in [1.807, 2.05) is 12.1 Å². The van der Waals surface area contributed by atoms with E-state index in [2.05, 4.69) is 38.1 Å². The largest absolute Gasteiger partial charge is 0.508 e. The van der Waals surface area contributed by atoms with E-state index >= 15 is 0 Å². The Morgan fingerprint density at radius 1 is 0.683 bits per heavy atom. The summed E-state index contributed by atoms with van der Waals surface area (Å²) in [5.74, 6) is 6.31. The zero-order valence-electron chi connectivity index (χ0n) is 25.1. The van der Waals surface area contributed by atoms with Crippen LogP contribution in [0.3, 0.4) is 0 Å². The highest BCUT2D eigenvalue weighted by molar-refractivity contribution is 5.87. The van der Waals surface area contributed by atoms with Gasteiger partial charge in [0.15, 0.2) is 0 Å². The molecule has 6 aliphatic carbocycles. The SMILES string of the molecule is COc1ccc2c(c1)CCC1C2CC[C@]2(C)C(=O)CCC12.C[C@]12CCC3c4ccc(O)cc4CCC3C1CCC2=O. The lowest BCUT2D eigenvalue weighted by atomic mass is 9.55. The number of methoxy groups -OCH3 is 1. The van der Waals surface area contributed by atoms with Crippen LogP contribution in [0, 0.1) is 34.5 Å². The minimum absolute atomic E-state index is 0.00879. The van der Waals surface area contributed by atoms with Crippen molar-refractivity contribution in [1.82, 2.24) is 0 Å². The Balaban J connectivity index is 0.000000135. The molecular weight excluding hydrogens is 508 g/mol. The van der Waals surface area contributed by atoms with E-state index in [-0.39, 0.29) is 10.8 Å². The van der Waals surface area contributed by atoms with Gasteiger partial charge in [-0.1, -0.05) is 26.0 Å². The number of rotatable bonds is 1. The normalized spacial score (nSPS) is 38.3. The maximum absolute atomic E-state index is 12.3. The highest BCUT2D eigenvalue weighted by Crippen LogP contribution is 2.61. The number of carbonyl (C=O) groups is 2. The number of hydrogen-bond acceptors (Lipinski definition) is 4. The predicted octanol–water partition coefficient (Wildman–Crippen LogP) is 7.94. The highest BCUT2D eigenvalue weighted by Gasteiger charge is 2.55. The molecule has 0 spiro atoms. The molecule has 8 atom stereocenters. The van der Waals surface area contributed by atoms with Crippen LogP contribution in [-0.2, 0) is 22.4 Å². The zero-order valence-corrected chi connectivity index (χ0v) is 25.1. The molecule has 2 aromatic carbocycles. The molecule has 0 heterocycles. The summed E-state index contributed by atoms with van der Waals surface area (Å²) in [5, 5.41) is 9.67. The second-order valence-corrected chi connectivity index (χ2v) is 14.6. The minimum atomic E-state index is -0.0322. The zero-order chi connectivity index (χ0) is 28.5. The van der Waals surface area contributed by atoms with E-state index in [0.717, 1.165) is 69.5 Å². The van der Waals surface area contributed by atoms with Gasteiger partial charge in [0.25, 0.3) is 0 Å². The molecule has 218 valence electrons. The summed E-state index contributed by atoms with van der Waals surface area (Å²) in [6.07, 6.45) is 13.0. The molecule has 0 saturated heterocycles. The summed E-state index contributed by atoms with van der Waals surface area (Å²) >= 11 is 0. The molecule has 41 heavy (non-hydrogen) atoms. The molecular formula is C37H46O4. The topological polar surface area (TPSA) is 63.6 Å². The first-order valence-electron chi connectivity index (χ1n) is 16.3. The fraction of sp³-hybridized carbons (Fsp3) is 0.622. The van der Waals surface area contributed by atoms with Gasteiger partial charge in [0.2, 0.25) is 0 Å². The number of benzene rings is 2. The lowest BCUT2D eigenvalue weighted by Crippen LogP contribution is -2.42. The molecule has 6 unspecified atom stereocenters. The number of ketones is 2. The molecule has 2 aromatic rings. The number of hydrogen-bond donors (Lipinski definition) is 1. The van der Waals surface area contributed by atoms with Crippen molar-refractivity contribution in [2.75, 3.05) is 7.11 Å². The molecule has 8 rings (SSSR count). The summed E-state index contributed by atoms with van der Waals surface area (Å²) in [5.41, 5.74) is 5.75. The number of fused-ring (bicyclic) bond motifs is 10. The van der Waals surface area contributed by atoms with Crippen LogP contribution in [-0.4, -0.2) is 23.8 Å². The number of Topliss-reactive ketones (excluding diaryl/α,β-unsaturated/α-hetero) is 2. The lowest BCUT2D eigenvalue weighted by molar-refractivity contribution is -0.130. The smallest absolute Gasteiger partial charge is 0.139 e. The predicted molar refractivity (Wildman–Crippen MR) is 160 cm³/mol. The van der Waals surface area contributed by atoms with Gasteiger partial charge in [-0.3, -0.25) is 9.59 Å². The van der Waals surface area contributed by atoms with Crippen LogP contribution in [0.15, 0.2) is 36.4 Å². The molecule has 0 radical (unpaired) electrons. The Hall–Kier alpha value is -2.62. The van der Waals surface area contributed by atoms with Crippen LogP contribution in [0.5, 0.6) is 11.5 Å². The summed E-state index contributed by atoms with van der Waals surface area (Å²) in [6.45, 7) is 4.46. The van der Waals surface area contributed by atoms with Crippen molar-refractivity contribution in [3.8, 4) is 11.5 Å². The lowest BCUT2D eigenvalue weighted by Gasteiger charge is -2.48. The van der Waals surface area contributed by atoms with Gasteiger partial charge in [0.05, 0.1) is 7.11 Å². The average molecular weight is 555 g/mol. The number of aryl methyl sites for hydroxylation is 2. The maximum atomic E-state index is 12.3. The van der Waals surface area contributed by atoms with Crippen LogP contribution in [0.4, 0.5) is 0 Å². The van der Waals surface area contributed by atoms with E-state index in [1.165, 1.54) is 41.5 Å². The molecule has 0 amide bonds. The van der Waals surface area contributed by atoms with Gasteiger partial charge < -0.3 is 9.84 Å². The third kappa shape index (κ3) is 4.21. The van der Waals surface area contributed by atoms with Crippen molar-refractivity contribution in [2.45, 2.75) is 103 Å². The number of carbonyl (C=O) groups excluding carboxylic acids is 2. The summed E-state index contributed by atoms with van der Waals surface area (Å²) in [6, 6.07) is 12.5. The van der Waals surface area contributed by atoms with Crippen LogP contribution in [0.1, 0.15) is 112 Å². The second-order valence-electron chi connectivity index (χ2n) is 14.6. The molecule has 0 bridgehead atoms. The summed E-state index contributed by atoms with van der Waals surface area (Å²) in [7, 11) is 1.74. The Kier molecular flexibility index (Phi) is 6.63. The number of phenolic OH excluding ortho intramolecular Hbond substituents is 1. The molecule has 6 aliphatic rings. The van der Waals surface area contributed by atoms with Gasteiger partial charge in [0.1, 0.15) is 23.1 Å². The standard InChI is InChI=1S/C19H24O2.C18H22O2/c1-19-10-9-15-14-6-4-13(21-2)11-12(14)3-5-16(15)17(19)7-8-18(19)20;1-18-9-8-14-13-5-3-12(19)10-11(13)2-4-15(14)16(18)6-7-17(18)20/h4,6,11,15-17H,3,5,7-10H2,1-2H3;3,5,10,14-16,19H,2,4,6-9H2,1H3/t15?,16?,17?,19-;14?,15?,16?,18-/m00/s1. The van der Waals surface area contributed by atoms with E-state index < -0.39 is 0 Å². The van der Waals surface area contributed by atoms with Gasteiger partial charge in [-0.2, -0.15) is 0 Å². The molecule has 1 N–H and O–H groups in total. The number of aromatic hydroxyl groups is 1. The fourth-order valence-corrected chi connectivity index (χ4v) is 10.8. The van der Waals surface area contributed by atoms with E-state index in [4.69, 9.17) is 4.74 Å². The minimum Gasteiger partial charge on any atom is -0.508 e. The maximum Gasteiger partial charge on any atom is 0.139 e. The Bertz CT molecular complexity index is 1380. The molecule has 0 aromatic heterocycles. The third-order valence-corrected chi connectivity index (χ3v) is 13.1. The number of phenols is 1. The first kappa shape index (κ1) is 27.2. The molecule has 0 aliphatic heterocycles. The van der Waals surface area contributed by atoms with Gasteiger partial charge in [-0.05, 0) is 146 Å². The second kappa shape index (κ2) is 9.99. The summed E-state index contributed by atoms with van der Waals surface area (Å²) < 4.78 is 5.37. The van der Waals surface area contributed by atoms with Crippen molar-refractivity contribution < 1.29 is 19.4 Å². The van der Waals surface area contributed by atoms with Gasteiger partial charge in [-0.15, -0.1) is 0 Å². The molecule has 4 nitrogen and oxygen atoms in total. The van der Waals surface area contributed by atoms with Crippen molar-refractivity contribution in [2.24, 2.45) is 34.5 Å². The van der Waals surface area contributed by atoms with E-state index in [0.29, 0.717) is 46.9 Å². The molecule has 4 heteroatoms. The first-order valence-corrected chi connectivity index (χ1v) is 16.3. The Labute approximate surface area is 245 Å². The van der Waals surface area contributed by atoms with E-state index in [1.54, 1.807) is 7.11 Å². The van der Waals surface area contributed by atoms with Crippen LogP contribution in [0.25, 0.3) is 0 Å². The van der Waals surface area contributed by atoms with Crippen LogP contribution in [0.2, 0.25) is 0 Å². The fourth-order valence-electron chi connectivity index (χ4n) is 10.8. The van der Waals surface area contributed by atoms with Crippen molar-refractivity contribution in [3.05, 3.63) is 58.7 Å². The average Bonchev–Trinajstić information content (AvgIpc) is 3.46. The third-order valence-electron chi connectivity index (χ3n) is 13.1. The first-order chi connectivity index (χ1) is 19.7. The quantitative estimate of drug-likeness (QED) is 0.389. The Morgan fingerprint density at radius 2 is 1.20 bits per heavy atom. The highest BCUT2D eigenvalue weighted by atomic mass is 16.5. The Morgan fingerprint density at radius 3 is 1.73 bits per heavy atom. The van der Waals surface area contributed by atoms with Crippen LogP contribution >= 0.6 is 0 Å². The summed E-state index contributed by atoms with van der Waals surface area (Å²) in [4.78, 5) is 24.6. The molecule has 4 saturated carbocycles. The van der Waals surface area contributed by atoms with Gasteiger partial charge >= 0.3 is 0 Å². The van der Waals surface area contributed by atoms with Crippen LogP contribution < -0.4 is 4.74 Å². The van der Waals surface area contributed by atoms with Crippen molar-refractivity contribution in [3.63, 3.8) is 0 Å². The van der Waals surface area contributed by atoms with E-state index in [9.17, 15) is 14.7 Å². The number of ether oxygens (including phenoxy) is 1. The monoisotopic (exact) mass is 554 g/mol.